The second kappa shape index (κ2) is 6.20. The predicted molar refractivity (Wildman–Crippen MR) is 96.3 cm³/mol. The molecule has 5 nitrogen and oxygen atoms in total. The van der Waals surface area contributed by atoms with Crippen molar-refractivity contribution in [3.63, 3.8) is 0 Å². The fraction of sp³-hybridized carbons (Fsp3) is 0.263. The molecule has 0 aliphatic carbocycles. The second-order valence-corrected chi connectivity index (χ2v) is 7.05. The number of anilines is 1. The zero-order chi connectivity index (χ0) is 18.2. The smallest absolute Gasteiger partial charge is 0.325 e. The third kappa shape index (κ3) is 3.63. The van der Waals surface area contributed by atoms with Crippen LogP contribution in [0.4, 0.5) is 10.1 Å². The molecule has 0 radical (unpaired) electrons. The van der Waals surface area contributed by atoms with E-state index in [1.54, 1.807) is 0 Å². The number of aromatic amines is 1. The molecule has 0 unspecified atom stereocenters. The highest BCUT2D eigenvalue weighted by atomic mass is 19.1. The van der Waals surface area contributed by atoms with Crippen LogP contribution in [0.5, 0.6) is 0 Å². The van der Waals surface area contributed by atoms with Gasteiger partial charge in [-0.3, -0.25) is 9.36 Å². The second-order valence-electron chi connectivity index (χ2n) is 7.05. The van der Waals surface area contributed by atoms with Crippen molar-refractivity contribution in [1.82, 2.24) is 9.55 Å². The molecule has 0 saturated carbocycles. The molecule has 0 saturated heterocycles. The van der Waals surface area contributed by atoms with E-state index in [0.29, 0.717) is 16.7 Å². The summed E-state index contributed by atoms with van der Waals surface area (Å²) in [6.45, 7) is 6.21. The minimum atomic E-state index is -0.446. The average Bonchev–Trinajstić information content (AvgIpc) is 2.82. The molecule has 2 aromatic carbocycles. The normalized spacial score (nSPS) is 11.7. The van der Waals surface area contributed by atoms with E-state index in [-0.39, 0.29) is 17.9 Å². The summed E-state index contributed by atoms with van der Waals surface area (Å²) in [5, 5.41) is 2.78. The molecule has 0 bridgehead atoms. The molecule has 1 heterocycles. The van der Waals surface area contributed by atoms with Crippen molar-refractivity contribution in [3.8, 4) is 0 Å². The SMILES string of the molecule is CC(C)(C)c1ccc(NC(=O)Cn2c(=O)[nH]c3cc(F)ccc32)cc1. The molecule has 1 aromatic heterocycles. The van der Waals surface area contributed by atoms with E-state index in [4.69, 9.17) is 0 Å². The third-order valence-corrected chi connectivity index (χ3v) is 4.07. The average molecular weight is 341 g/mol. The van der Waals surface area contributed by atoms with Crippen molar-refractivity contribution in [2.45, 2.75) is 32.7 Å². The number of H-pyrrole nitrogens is 1. The number of halogens is 1. The van der Waals surface area contributed by atoms with Crippen LogP contribution < -0.4 is 11.0 Å². The van der Waals surface area contributed by atoms with Crippen molar-refractivity contribution in [2.75, 3.05) is 5.32 Å². The Hall–Kier alpha value is -2.89. The first kappa shape index (κ1) is 17.0. The van der Waals surface area contributed by atoms with Crippen LogP contribution >= 0.6 is 0 Å². The van der Waals surface area contributed by atoms with E-state index >= 15 is 0 Å². The number of nitrogens with zero attached hydrogens (tertiary/aromatic N) is 1. The van der Waals surface area contributed by atoms with Gasteiger partial charge in [0, 0.05) is 5.69 Å². The molecular formula is C19H20FN3O2. The van der Waals surface area contributed by atoms with Crippen LogP contribution in [-0.2, 0) is 16.8 Å². The Morgan fingerprint density at radius 3 is 2.48 bits per heavy atom. The van der Waals surface area contributed by atoms with Gasteiger partial charge in [-0.2, -0.15) is 0 Å². The number of nitrogens with one attached hydrogen (secondary N) is 2. The third-order valence-electron chi connectivity index (χ3n) is 4.07. The fourth-order valence-electron chi connectivity index (χ4n) is 2.69. The number of aromatic nitrogens is 2. The fourth-order valence-corrected chi connectivity index (χ4v) is 2.69. The Bertz CT molecular complexity index is 979. The molecule has 2 N–H and O–H groups in total. The van der Waals surface area contributed by atoms with Crippen molar-refractivity contribution in [3.05, 3.63) is 64.3 Å². The van der Waals surface area contributed by atoms with E-state index in [2.05, 4.69) is 31.1 Å². The van der Waals surface area contributed by atoms with Crippen LogP contribution in [0.3, 0.4) is 0 Å². The van der Waals surface area contributed by atoms with Gasteiger partial charge < -0.3 is 10.3 Å². The molecule has 3 aromatic rings. The highest BCUT2D eigenvalue weighted by molar-refractivity contribution is 5.91. The molecule has 3 rings (SSSR count). The predicted octanol–water partition coefficient (Wildman–Crippen LogP) is 3.40. The maximum absolute atomic E-state index is 13.2. The summed E-state index contributed by atoms with van der Waals surface area (Å²) >= 11 is 0. The quantitative estimate of drug-likeness (QED) is 0.767. The number of benzene rings is 2. The molecule has 0 aliphatic heterocycles. The Kier molecular flexibility index (Phi) is 4.20. The lowest BCUT2D eigenvalue weighted by Crippen LogP contribution is -2.25. The van der Waals surface area contributed by atoms with Crippen LogP contribution in [0.15, 0.2) is 47.3 Å². The number of carbonyl (C=O) groups excluding carboxylic acids is 1. The lowest BCUT2D eigenvalue weighted by Gasteiger charge is -2.19. The van der Waals surface area contributed by atoms with E-state index < -0.39 is 11.5 Å². The molecule has 130 valence electrons. The summed E-state index contributed by atoms with van der Waals surface area (Å²) in [6, 6.07) is 11.6. The van der Waals surface area contributed by atoms with Gasteiger partial charge in [0.2, 0.25) is 5.91 Å². The highest BCUT2D eigenvalue weighted by Gasteiger charge is 2.14. The highest BCUT2D eigenvalue weighted by Crippen LogP contribution is 2.23. The Labute approximate surface area is 144 Å². The monoisotopic (exact) mass is 341 g/mol. The number of rotatable bonds is 3. The number of carbonyl (C=O) groups is 1. The molecule has 25 heavy (non-hydrogen) atoms. The summed E-state index contributed by atoms with van der Waals surface area (Å²) in [5.41, 5.74) is 2.28. The minimum absolute atomic E-state index is 0.0369. The lowest BCUT2D eigenvalue weighted by molar-refractivity contribution is -0.116. The van der Waals surface area contributed by atoms with Gasteiger partial charge >= 0.3 is 5.69 Å². The molecule has 1 amide bonds. The minimum Gasteiger partial charge on any atom is -0.325 e. The maximum atomic E-state index is 13.2. The number of fused-ring (bicyclic) bond motifs is 1. The van der Waals surface area contributed by atoms with Gasteiger partial charge in [-0.05, 0) is 41.3 Å². The molecular weight excluding hydrogens is 321 g/mol. The molecule has 0 fully saturated rings. The van der Waals surface area contributed by atoms with Crippen molar-refractivity contribution < 1.29 is 9.18 Å². The van der Waals surface area contributed by atoms with Gasteiger partial charge in [-0.15, -0.1) is 0 Å². The first-order chi connectivity index (χ1) is 11.7. The molecule has 0 spiro atoms. The van der Waals surface area contributed by atoms with Gasteiger partial charge in [0.25, 0.3) is 0 Å². The zero-order valence-electron chi connectivity index (χ0n) is 14.4. The van der Waals surface area contributed by atoms with Crippen molar-refractivity contribution in [1.29, 1.82) is 0 Å². The van der Waals surface area contributed by atoms with Crippen LogP contribution in [0, 0.1) is 5.82 Å². The molecule has 6 heteroatoms. The number of hydrogen-bond donors (Lipinski definition) is 2. The Morgan fingerprint density at radius 2 is 1.84 bits per heavy atom. The van der Waals surface area contributed by atoms with Gasteiger partial charge in [0.15, 0.2) is 0 Å². The first-order valence-electron chi connectivity index (χ1n) is 8.02. The van der Waals surface area contributed by atoms with Gasteiger partial charge in [0.05, 0.1) is 11.0 Å². The van der Waals surface area contributed by atoms with Gasteiger partial charge in [-0.1, -0.05) is 32.9 Å². The first-order valence-corrected chi connectivity index (χ1v) is 8.02. The van der Waals surface area contributed by atoms with Crippen LogP contribution in [0.2, 0.25) is 0 Å². The number of hydrogen-bond acceptors (Lipinski definition) is 2. The number of amides is 1. The maximum Gasteiger partial charge on any atom is 0.326 e. The van der Waals surface area contributed by atoms with E-state index in [0.717, 1.165) is 0 Å². The molecule has 0 atom stereocenters. The van der Waals surface area contributed by atoms with Crippen LogP contribution in [-0.4, -0.2) is 15.5 Å². The summed E-state index contributed by atoms with van der Waals surface area (Å²) in [6.07, 6.45) is 0. The summed E-state index contributed by atoms with van der Waals surface area (Å²) in [5.74, 6) is -0.764. The largest absolute Gasteiger partial charge is 0.326 e. The standard InChI is InChI=1S/C19H20FN3O2/c1-19(2,3)12-4-7-14(8-5-12)21-17(24)11-23-16-9-6-13(20)10-15(16)22-18(23)25/h4-10H,11H2,1-3H3,(H,21,24)(H,22,25). The summed E-state index contributed by atoms with van der Waals surface area (Å²) in [7, 11) is 0. The molecule has 0 aliphatic rings. The van der Waals surface area contributed by atoms with Crippen LogP contribution in [0.25, 0.3) is 11.0 Å². The Morgan fingerprint density at radius 1 is 1.16 bits per heavy atom. The van der Waals surface area contributed by atoms with Crippen molar-refractivity contribution >= 4 is 22.6 Å². The van der Waals surface area contributed by atoms with Crippen LogP contribution in [0.1, 0.15) is 26.3 Å². The zero-order valence-corrected chi connectivity index (χ0v) is 14.4. The summed E-state index contributed by atoms with van der Waals surface area (Å²) in [4.78, 5) is 26.8. The topological polar surface area (TPSA) is 66.9 Å². The number of imidazole rings is 1. The summed E-state index contributed by atoms with van der Waals surface area (Å²) < 4.78 is 14.5. The van der Waals surface area contributed by atoms with E-state index in [9.17, 15) is 14.0 Å². The Balaban J connectivity index is 1.77. The van der Waals surface area contributed by atoms with E-state index in [1.807, 2.05) is 24.3 Å². The van der Waals surface area contributed by atoms with Gasteiger partial charge in [-0.25, -0.2) is 9.18 Å². The lowest BCUT2D eigenvalue weighted by atomic mass is 9.87. The van der Waals surface area contributed by atoms with E-state index in [1.165, 1.54) is 28.3 Å². The van der Waals surface area contributed by atoms with Gasteiger partial charge in [0.1, 0.15) is 12.4 Å². The van der Waals surface area contributed by atoms with Crippen molar-refractivity contribution in [2.24, 2.45) is 0 Å².